The summed E-state index contributed by atoms with van der Waals surface area (Å²) in [5.74, 6) is 0.623. The van der Waals surface area contributed by atoms with Crippen LogP contribution in [0.4, 0.5) is 0 Å². The molecule has 0 radical (unpaired) electrons. The lowest BCUT2D eigenvalue weighted by Gasteiger charge is -2.12. The monoisotopic (exact) mass is 268 g/mol. The van der Waals surface area contributed by atoms with Crippen LogP contribution >= 0.6 is 27.3 Å². The van der Waals surface area contributed by atoms with Crippen molar-refractivity contribution in [3.05, 3.63) is 40.6 Å². The standard InChI is InChI=1S/C12H13BrS/c13-12(11-6-7-14-9-11)8-10-4-2-1-3-5-10/h2,4,6-10H,1,3,5H2/b12-8-/t10-/m0/s1. The topological polar surface area (TPSA) is 0 Å². The van der Waals surface area contributed by atoms with E-state index in [0.29, 0.717) is 5.92 Å². The Morgan fingerprint density at radius 2 is 2.50 bits per heavy atom. The molecular formula is C12H13BrS. The van der Waals surface area contributed by atoms with Gasteiger partial charge >= 0.3 is 0 Å². The SMILES string of the molecule is Br/C(=C\[C@H]1C=CCCC1)c1ccsc1. The molecule has 2 heteroatoms. The lowest BCUT2D eigenvalue weighted by molar-refractivity contribution is 0.632. The van der Waals surface area contributed by atoms with Crippen LogP contribution in [0.25, 0.3) is 4.48 Å². The quantitative estimate of drug-likeness (QED) is 0.674. The molecule has 0 bridgehead atoms. The number of rotatable bonds is 2. The fourth-order valence-electron chi connectivity index (χ4n) is 1.66. The van der Waals surface area contributed by atoms with Crippen molar-refractivity contribution >= 4 is 31.7 Å². The molecule has 0 saturated carbocycles. The molecule has 0 spiro atoms. The summed E-state index contributed by atoms with van der Waals surface area (Å²) in [6.07, 6.45) is 10.8. The molecule has 1 aliphatic carbocycles. The van der Waals surface area contributed by atoms with E-state index in [1.807, 2.05) is 0 Å². The summed E-state index contributed by atoms with van der Waals surface area (Å²) in [5, 5.41) is 4.29. The smallest absolute Gasteiger partial charge is 0.0222 e. The van der Waals surface area contributed by atoms with Gasteiger partial charge in [-0.15, -0.1) is 0 Å². The minimum atomic E-state index is 0.623. The Morgan fingerprint density at radius 1 is 1.57 bits per heavy atom. The Hall–Kier alpha value is -0.340. The average Bonchev–Trinajstić information content (AvgIpc) is 2.72. The summed E-state index contributed by atoms with van der Waals surface area (Å²) in [7, 11) is 0. The minimum Gasteiger partial charge on any atom is -0.152 e. The van der Waals surface area contributed by atoms with Crippen molar-refractivity contribution < 1.29 is 0 Å². The third-order valence-corrected chi connectivity index (χ3v) is 3.85. The third kappa shape index (κ3) is 2.58. The Labute approximate surface area is 97.5 Å². The molecular weight excluding hydrogens is 256 g/mol. The van der Waals surface area contributed by atoms with Gasteiger partial charge in [0.2, 0.25) is 0 Å². The van der Waals surface area contributed by atoms with Gasteiger partial charge in [-0.3, -0.25) is 0 Å². The van der Waals surface area contributed by atoms with Crippen LogP contribution in [-0.2, 0) is 0 Å². The average molecular weight is 269 g/mol. The lowest BCUT2D eigenvalue weighted by atomic mass is 9.95. The van der Waals surface area contributed by atoms with Crippen LogP contribution < -0.4 is 0 Å². The van der Waals surface area contributed by atoms with Crippen molar-refractivity contribution in [1.82, 2.24) is 0 Å². The number of allylic oxidation sites excluding steroid dienone is 3. The third-order valence-electron chi connectivity index (χ3n) is 2.45. The van der Waals surface area contributed by atoms with Crippen LogP contribution in [0.2, 0.25) is 0 Å². The molecule has 0 aromatic carbocycles. The summed E-state index contributed by atoms with van der Waals surface area (Å²) < 4.78 is 1.23. The van der Waals surface area contributed by atoms with Crippen molar-refractivity contribution in [3.63, 3.8) is 0 Å². The summed E-state index contributed by atoms with van der Waals surface area (Å²) in [4.78, 5) is 0. The van der Waals surface area contributed by atoms with Gasteiger partial charge in [0, 0.05) is 4.48 Å². The summed E-state index contributed by atoms with van der Waals surface area (Å²) in [5.41, 5.74) is 1.30. The second-order valence-electron chi connectivity index (χ2n) is 3.55. The first-order valence-electron chi connectivity index (χ1n) is 4.93. The molecule has 1 heterocycles. The van der Waals surface area contributed by atoms with E-state index in [2.05, 4.69) is 51.0 Å². The molecule has 0 N–H and O–H groups in total. The predicted octanol–water partition coefficient (Wildman–Crippen LogP) is 4.84. The van der Waals surface area contributed by atoms with Crippen molar-refractivity contribution in [2.75, 3.05) is 0 Å². The van der Waals surface area contributed by atoms with Gasteiger partial charge in [-0.1, -0.05) is 34.2 Å². The molecule has 0 nitrogen and oxygen atoms in total. The second kappa shape index (κ2) is 4.94. The summed E-state index contributed by atoms with van der Waals surface area (Å²) in [6, 6.07) is 2.15. The van der Waals surface area contributed by atoms with Gasteiger partial charge in [0.05, 0.1) is 0 Å². The van der Waals surface area contributed by atoms with Gasteiger partial charge in [-0.2, -0.15) is 11.3 Å². The van der Waals surface area contributed by atoms with Crippen LogP contribution in [0.5, 0.6) is 0 Å². The molecule has 14 heavy (non-hydrogen) atoms. The number of hydrogen-bond acceptors (Lipinski definition) is 1. The molecule has 1 aliphatic rings. The van der Waals surface area contributed by atoms with Crippen molar-refractivity contribution in [1.29, 1.82) is 0 Å². The maximum Gasteiger partial charge on any atom is 0.0222 e. The normalized spacial score (nSPS) is 22.6. The van der Waals surface area contributed by atoms with E-state index in [9.17, 15) is 0 Å². The fraction of sp³-hybridized carbons (Fsp3) is 0.333. The summed E-state index contributed by atoms with van der Waals surface area (Å²) in [6.45, 7) is 0. The summed E-state index contributed by atoms with van der Waals surface area (Å²) >= 11 is 5.38. The minimum absolute atomic E-state index is 0.623. The molecule has 2 rings (SSSR count). The van der Waals surface area contributed by atoms with E-state index >= 15 is 0 Å². The molecule has 0 amide bonds. The molecule has 1 atom stereocenters. The molecule has 0 unspecified atom stereocenters. The van der Waals surface area contributed by atoms with Gasteiger partial charge in [0.15, 0.2) is 0 Å². The lowest BCUT2D eigenvalue weighted by Crippen LogP contribution is -1.96. The fourth-order valence-corrected chi connectivity index (χ4v) is 3.06. The molecule has 0 saturated heterocycles. The predicted molar refractivity (Wildman–Crippen MR) is 67.7 cm³/mol. The zero-order valence-corrected chi connectivity index (χ0v) is 10.4. The van der Waals surface area contributed by atoms with Crippen LogP contribution in [0.3, 0.4) is 0 Å². The van der Waals surface area contributed by atoms with E-state index in [4.69, 9.17) is 0 Å². The van der Waals surface area contributed by atoms with Gasteiger partial charge in [0.25, 0.3) is 0 Å². The van der Waals surface area contributed by atoms with Crippen LogP contribution in [0.15, 0.2) is 35.1 Å². The van der Waals surface area contributed by atoms with E-state index in [1.54, 1.807) is 11.3 Å². The van der Waals surface area contributed by atoms with E-state index in [1.165, 1.54) is 29.3 Å². The van der Waals surface area contributed by atoms with Crippen LogP contribution in [-0.4, -0.2) is 0 Å². The maximum atomic E-state index is 3.63. The Kier molecular flexibility index (Phi) is 3.60. The molecule has 1 aromatic heterocycles. The second-order valence-corrected chi connectivity index (χ2v) is 5.18. The van der Waals surface area contributed by atoms with E-state index < -0.39 is 0 Å². The van der Waals surface area contributed by atoms with E-state index in [-0.39, 0.29) is 0 Å². The first-order chi connectivity index (χ1) is 6.86. The Balaban J connectivity index is 2.10. The Bertz CT molecular complexity index is 335. The zero-order valence-electron chi connectivity index (χ0n) is 7.95. The first-order valence-corrected chi connectivity index (χ1v) is 6.66. The van der Waals surface area contributed by atoms with Crippen LogP contribution in [0.1, 0.15) is 24.8 Å². The molecule has 0 fully saturated rings. The van der Waals surface area contributed by atoms with Crippen LogP contribution in [0, 0.1) is 5.92 Å². The Morgan fingerprint density at radius 3 is 3.14 bits per heavy atom. The van der Waals surface area contributed by atoms with Gasteiger partial charge in [-0.25, -0.2) is 0 Å². The molecule has 1 aromatic rings. The van der Waals surface area contributed by atoms with Gasteiger partial charge < -0.3 is 0 Å². The van der Waals surface area contributed by atoms with Gasteiger partial charge in [0.1, 0.15) is 0 Å². The number of hydrogen-bond donors (Lipinski definition) is 0. The number of halogens is 1. The van der Waals surface area contributed by atoms with Crippen molar-refractivity contribution in [3.8, 4) is 0 Å². The van der Waals surface area contributed by atoms with Crippen molar-refractivity contribution in [2.45, 2.75) is 19.3 Å². The highest BCUT2D eigenvalue weighted by Crippen LogP contribution is 2.28. The number of thiophene rings is 1. The highest BCUT2D eigenvalue weighted by molar-refractivity contribution is 9.15. The molecule has 0 aliphatic heterocycles. The molecule has 74 valence electrons. The van der Waals surface area contributed by atoms with Crippen molar-refractivity contribution in [2.24, 2.45) is 5.92 Å². The first kappa shape index (κ1) is 10.2. The van der Waals surface area contributed by atoms with E-state index in [0.717, 1.165) is 0 Å². The maximum absolute atomic E-state index is 3.63. The zero-order chi connectivity index (χ0) is 9.80. The highest BCUT2D eigenvalue weighted by atomic mass is 79.9. The highest BCUT2D eigenvalue weighted by Gasteiger charge is 2.07. The van der Waals surface area contributed by atoms with Gasteiger partial charge in [-0.05, 0) is 47.6 Å². The largest absolute Gasteiger partial charge is 0.152 e.